The van der Waals surface area contributed by atoms with Crippen LogP contribution in [0.1, 0.15) is 25.0 Å². The van der Waals surface area contributed by atoms with Gasteiger partial charge in [0.1, 0.15) is 0 Å². The molecule has 13 rings (SSSR count). The van der Waals surface area contributed by atoms with Crippen LogP contribution in [0.3, 0.4) is 0 Å². The molecule has 0 spiro atoms. The topological polar surface area (TPSA) is 0 Å². The molecule has 0 heteroatoms. The standard InChI is InChI=1S/C65H44/c1-65(2)63-39-46(26-31-56(63)57-32-28-49(40-64(57)65)60-36-47-21-11-12-22-51(47)53-23-13-14-24-54(53)60)45-25-29-52-50(33-45)38-59(42-17-7-4-8-18-42)62-37-48(27-30-55(52)62)61-35-44-20-10-9-19-43(44)34-58(61)41-15-5-3-6-16-41/h3-40H,1-2H3. The van der Waals surface area contributed by atoms with Crippen LogP contribution in [-0.4, -0.2) is 0 Å². The molecular weight excluding hydrogens is 781 g/mol. The van der Waals surface area contributed by atoms with Crippen molar-refractivity contribution in [3.63, 3.8) is 0 Å². The molecule has 1 aliphatic rings. The summed E-state index contributed by atoms with van der Waals surface area (Å²) in [5.74, 6) is 0. The van der Waals surface area contributed by atoms with E-state index in [1.54, 1.807) is 0 Å². The van der Waals surface area contributed by atoms with E-state index < -0.39 is 0 Å². The molecule has 1 aliphatic carbocycles. The summed E-state index contributed by atoms with van der Waals surface area (Å²) >= 11 is 0. The average molecular weight is 825 g/mol. The number of benzene rings is 12. The maximum atomic E-state index is 2.46. The van der Waals surface area contributed by atoms with Crippen LogP contribution in [0.2, 0.25) is 0 Å². The monoisotopic (exact) mass is 824 g/mol. The third-order valence-corrected chi connectivity index (χ3v) is 14.4. The van der Waals surface area contributed by atoms with E-state index in [9.17, 15) is 0 Å². The van der Waals surface area contributed by atoms with Gasteiger partial charge in [0.05, 0.1) is 0 Å². The van der Waals surface area contributed by atoms with Crippen LogP contribution in [-0.2, 0) is 5.41 Å². The zero-order chi connectivity index (χ0) is 43.2. The summed E-state index contributed by atoms with van der Waals surface area (Å²) in [7, 11) is 0. The van der Waals surface area contributed by atoms with Crippen molar-refractivity contribution in [2.75, 3.05) is 0 Å². The predicted octanol–water partition coefficient (Wildman–Crippen LogP) is 18.1. The molecule has 0 saturated carbocycles. The van der Waals surface area contributed by atoms with Crippen LogP contribution in [0.25, 0.3) is 121 Å². The van der Waals surface area contributed by atoms with Crippen molar-refractivity contribution in [1.29, 1.82) is 0 Å². The normalized spacial score (nSPS) is 12.9. The van der Waals surface area contributed by atoms with Gasteiger partial charge >= 0.3 is 0 Å². The van der Waals surface area contributed by atoms with Crippen molar-refractivity contribution >= 4 is 53.9 Å². The molecule has 0 saturated heterocycles. The van der Waals surface area contributed by atoms with E-state index >= 15 is 0 Å². The van der Waals surface area contributed by atoms with E-state index in [0.29, 0.717) is 0 Å². The van der Waals surface area contributed by atoms with Crippen molar-refractivity contribution in [3.8, 4) is 66.8 Å². The smallest absolute Gasteiger partial charge is 0.0159 e. The lowest BCUT2D eigenvalue weighted by Gasteiger charge is -2.23. The Labute approximate surface area is 379 Å². The summed E-state index contributed by atoms with van der Waals surface area (Å²) < 4.78 is 0. The lowest BCUT2D eigenvalue weighted by Crippen LogP contribution is -2.15. The Morgan fingerprint density at radius 1 is 0.215 bits per heavy atom. The lowest BCUT2D eigenvalue weighted by atomic mass is 9.80. The Kier molecular flexibility index (Phi) is 8.36. The molecule has 0 bridgehead atoms. The van der Waals surface area contributed by atoms with Crippen LogP contribution in [0.15, 0.2) is 231 Å². The molecule has 0 atom stereocenters. The van der Waals surface area contributed by atoms with Gasteiger partial charge in [-0.15, -0.1) is 0 Å². The fourth-order valence-corrected chi connectivity index (χ4v) is 11.1. The molecule has 0 aliphatic heterocycles. The maximum absolute atomic E-state index is 2.46. The minimum atomic E-state index is -0.167. The minimum Gasteiger partial charge on any atom is -0.0622 e. The highest BCUT2D eigenvalue weighted by Gasteiger charge is 2.36. The number of rotatable bonds is 5. The van der Waals surface area contributed by atoms with Crippen molar-refractivity contribution in [3.05, 3.63) is 242 Å². The highest BCUT2D eigenvalue weighted by Crippen LogP contribution is 2.51. The zero-order valence-electron chi connectivity index (χ0n) is 36.4. The van der Waals surface area contributed by atoms with Gasteiger partial charge in [0, 0.05) is 5.41 Å². The van der Waals surface area contributed by atoms with E-state index in [4.69, 9.17) is 0 Å². The molecule has 304 valence electrons. The van der Waals surface area contributed by atoms with Gasteiger partial charge in [-0.25, -0.2) is 0 Å². The van der Waals surface area contributed by atoms with Gasteiger partial charge in [-0.3, -0.25) is 0 Å². The van der Waals surface area contributed by atoms with E-state index in [0.717, 1.165) is 0 Å². The molecule has 65 heavy (non-hydrogen) atoms. The first-order chi connectivity index (χ1) is 32.0. The van der Waals surface area contributed by atoms with Crippen molar-refractivity contribution < 1.29 is 0 Å². The van der Waals surface area contributed by atoms with Crippen molar-refractivity contribution in [2.45, 2.75) is 19.3 Å². The van der Waals surface area contributed by atoms with Crippen LogP contribution in [0, 0.1) is 0 Å². The van der Waals surface area contributed by atoms with Gasteiger partial charge in [-0.05, 0) is 180 Å². The van der Waals surface area contributed by atoms with Gasteiger partial charge in [-0.1, -0.05) is 196 Å². The molecule has 0 unspecified atom stereocenters. The quantitative estimate of drug-likeness (QED) is 0.152. The van der Waals surface area contributed by atoms with E-state index in [-0.39, 0.29) is 5.41 Å². The Morgan fingerprint density at radius 2 is 0.631 bits per heavy atom. The van der Waals surface area contributed by atoms with Gasteiger partial charge < -0.3 is 0 Å². The third-order valence-electron chi connectivity index (χ3n) is 14.4. The summed E-state index contributed by atoms with van der Waals surface area (Å²) in [4.78, 5) is 0. The summed E-state index contributed by atoms with van der Waals surface area (Å²) in [5.41, 5.74) is 17.7. The Bertz CT molecular complexity index is 3890. The summed E-state index contributed by atoms with van der Waals surface area (Å²) in [6, 6.07) is 86.1. The summed E-state index contributed by atoms with van der Waals surface area (Å²) in [5, 5.41) is 12.7. The average Bonchev–Trinajstić information content (AvgIpc) is 3.59. The van der Waals surface area contributed by atoms with E-state index in [1.807, 2.05) is 0 Å². The highest BCUT2D eigenvalue weighted by atomic mass is 14.4. The van der Waals surface area contributed by atoms with Gasteiger partial charge in [0.2, 0.25) is 0 Å². The van der Waals surface area contributed by atoms with Crippen LogP contribution in [0.5, 0.6) is 0 Å². The molecule has 0 fully saturated rings. The molecule has 0 amide bonds. The Hall–Kier alpha value is -8.06. The van der Waals surface area contributed by atoms with E-state index in [1.165, 1.54) is 132 Å². The fraction of sp³-hybridized carbons (Fsp3) is 0.0462. The Balaban J connectivity index is 0.921. The van der Waals surface area contributed by atoms with Crippen LogP contribution < -0.4 is 0 Å². The number of hydrogen-bond donors (Lipinski definition) is 0. The molecule has 0 aromatic heterocycles. The largest absolute Gasteiger partial charge is 0.0622 e. The second kappa shape index (κ2) is 14.5. The molecule has 0 N–H and O–H groups in total. The van der Waals surface area contributed by atoms with Gasteiger partial charge in [0.25, 0.3) is 0 Å². The molecular formula is C65H44. The zero-order valence-corrected chi connectivity index (χ0v) is 36.4. The minimum absolute atomic E-state index is 0.167. The van der Waals surface area contributed by atoms with Crippen LogP contribution >= 0.6 is 0 Å². The highest BCUT2D eigenvalue weighted by molar-refractivity contribution is 6.16. The number of hydrogen-bond acceptors (Lipinski definition) is 0. The maximum Gasteiger partial charge on any atom is 0.0159 e. The van der Waals surface area contributed by atoms with E-state index in [2.05, 4.69) is 244 Å². The summed E-state index contributed by atoms with van der Waals surface area (Å²) in [6.45, 7) is 4.80. The predicted molar refractivity (Wildman–Crippen MR) is 279 cm³/mol. The first-order valence-electron chi connectivity index (χ1n) is 22.8. The molecule has 12 aromatic rings. The molecule has 0 nitrogen and oxygen atoms in total. The number of fused-ring (bicyclic) bond motifs is 10. The summed E-state index contributed by atoms with van der Waals surface area (Å²) in [6.07, 6.45) is 0. The third kappa shape index (κ3) is 5.98. The van der Waals surface area contributed by atoms with Crippen LogP contribution in [0.4, 0.5) is 0 Å². The first kappa shape index (κ1) is 37.5. The lowest BCUT2D eigenvalue weighted by molar-refractivity contribution is 0.661. The second-order valence-corrected chi connectivity index (χ2v) is 18.4. The van der Waals surface area contributed by atoms with Gasteiger partial charge in [-0.2, -0.15) is 0 Å². The van der Waals surface area contributed by atoms with Crippen molar-refractivity contribution in [2.24, 2.45) is 0 Å². The Morgan fingerprint density at radius 3 is 1.34 bits per heavy atom. The SMILES string of the molecule is CC1(C)c2cc(-c3ccc4c(c3)cc(-c3ccccc3)c3cc(-c5cc6ccccc6cc5-c5ccccc5)ccc34)ccc2-c2ccc(-c3cc4ccccc4c4ccccc34)cc21. The first-order valence-corrected chi connectivity index (χ1v) is 22.8. The molecule has 12 aromatic carbocycles. The van der Waals surface area contributed by atoms with Crippen molar-refractivity contribution in [1.82, 2.24) is 0 Å². The molecule has 0 radical (unpaired) electrons. The van der Waals surface area contributed by atoms with Gasteiger partial charge in [0.15, 0.2) is 0 Å². The molecule has 0 heterocycles. The fourth-order valence-electron chi connectivity index (χ4n) is 11.1. The second-order valence-electron chi connectivity index (χ2n) is 18.4.